The molecule has 4 rings (SSSR count). The molecule has 0 spiro atoms. The third-order valence-corrected chi connectivity index (χ3v) is 7.30. The fraction of sp³-hybridized carbons (Fsp3) is 0.312. The molecule has 1 aliphatic heterocycles. The Hall–Kier alpha value is -3.57. The van der Waals surface area contributed by atoms with Crippen LogP contribution in [0.5, 0.6) is 5.75 Å². The monoisotopic (exact) mass is 531 g/mol. The Kier molecular flexibility index (Phi) is 7.44. The molecule has 38 heavy (non-hydrogen) atoms. The zero-order valence-corrected chi connectivity index (χ0v) is 23.7. The molecule has 1 unspecified atom stereocenters. The van der Waals surface area contributed by atoms with Gasteiger partial charge in [0.2, 0.25) is 0 Å². The van der Waals surface area contributed by atoms with Crippen LogP contribution in [0.25, 0.3) is 5.76 Å². The Morgan fingerprint density at radius 1 is 1.00 bits per heavy atom. The Morgan fingerprint density at radius 2 is 1.61 bits per heavy atom. The van der Waals surface area contributed by atoms with Gasteiger partial charge in [-0.2, -0.15) is 0 Å². The molecule has 5 nitrogen and oxygen atoms in total. The van der Waals surface area contributed by atoms with Crippen LogP contribution in [-0.2, 0) is 15.0 Å². The number of hydrogen-bond acceptors (Lipinski definition) is 4. The molecule has 1 N–H and O–H groups in total. The van der Waals surface area contributed by atoms with Crippen molar-refractivity contribution in [1.82, 2.24) is 0 Å². The van der Waals surface area contributed by atoms with E-state index < -0.39 is 17.7 Å². The van der Waals surface area contributed by atoms with Gasteiger partial charge in [0.15, 0.2) is 0 Å². The number of carbonyl (C=O) groups is 2. The number of nitrogens with zero attached hydrogens (tertiary/aromatic N) is 1. The van der Waals surface area contributed by atoms with E-state index in [-0.39, 0.29) is 28.1 Å². The summed E-state index contributed by atoms with van der Waals surface area (Å²) in [5, 5.41) is 11.9. The minimum Gasteiger partial charge on any atom is -0.507 e. The molecule has 198 valence electrons. The first-order valence-corrected chi connectivity index (χ1v) is 13.1. The molecule has 0 bridgehead atoms. The maximum atomic E-state index is 13.6. The van der Waals surface area contributed by atoms with Gasteiger partial charge >= 0.3 is 0 Å². The fourth-order valence-electron chi connectivity index (χ4n) is 4.86. The Morgan fingerprint density at radius 3 is 2.13 bits per heavy atom. The number of aliphatic hydroxyl groups excluding tert-OH is 1. The van der Waals surface area contributed by atoms with E-state index in [0.717, 1.165) is 16.7 Å². The molecular formula is C32H34ClNO4. The number of hydrogen-bond donors (Lipinski definition) is 1. The summed E-state index contributed by atoms with van der Waals surface area (Å²) in [4.78, 5) is 28.6. The van der Waals surface area contributed by atoms with Crippen molar-refractivity contribution in [1.29, 1.82) is 0 Å². The Labute approximate surface area is 229 Å². The summed E-state index contributed by atoms with van der Waals surface area (Å²) in [6, 6.07) is 18.0. The largest absolute Gasteiger partial charge is 0.507 e. The van der Waals surface area contributed by atoms with Crippen molar-refractivity contribution in [2.24, 2.45) is 0 Å². The van der Waals surface area contributed by atoms with Crippen LogP contribution in [-0.4, -0.2) is 23.9 Å². The predicted molar refractivity (Wildman–Crippen MR) is 153 cm³/mol. The molecule has 1 saturated heterocycles. The number of rotatable bonds is 5. The summed E-state index contributed by atoms with van der Waals surface area (Å²) in [5.41, 5.74) is 4.50. The molecule has 1 atom stereocenters. The minimum atomic E-state index is -0.835. The molecule has 1 fully saturated rings. The zero-order chi connectivity index (χ0) is 27.9. The van der Waals surface area contributed by atoms with Gasteiger partial charge in [-0.05, 0) is 64.8 Å². The third-order valence-electron chi connectivity index (χ3n) is 7.02. The van der Waals surface area contributed by atoms with Crippen molar-refractivity contribution in [3.8, 4) is 5.75 Å². The van der Waals surface area contributed by atoms with Crippen molar-refractivity contribution < 1.29 is 19.4 Å². The maximum absolute atomic E-state index is 13.6. The van der Waals surface area contributed by atoms with Crippen LogP contribution in [0.15, 0.2) is 66.2 Å². The van der Waals surface area contributed by atoms with Crippen molar-refractivity contribution in [2.45, 2.75) is 58.9 Å². The molecule has 0 aliphatic carbocycles. The Bertz CT molecular complexity index is 1410. The number of Topliss-reactive ketones (excluding diaryl/α,β-unsaturated/α-hetero) is 1. The summed E-state index contributed by atoms with van der Waals surface area (Å²) < 4.78 is 5.48. The first-order chi connectivity index (χ1) is 17.8. The van der Waals surface area contributed by atoms with E-state index >= 15 is 0 Å². The number of ketones is 1. The van der Waals surface area contributed by atoms with Crippen LogP contribution in [0, 0.1) is 6.92 Å². The van der Waals surface area contributed by atoms with Crippen molar-refractivity contribution in [3.63, 3.8) is 0 Å². The van der Waals surface area contributed by atoms with Crippen LogP contribution in [0.1, 0.15) is 74.4 Å². The smallest absolute Gasteiger partial charge is 0.300 e. The molecule has 3 aromatic carbocycles. The van der Waals surface area contributed by atoms with Gasteiger partial charge in [0, 0.05) is 5.69 Å². The van der Waals surface area contributed by atoms with E-state index in [2.05, 4.69) is 34.6 Å². The average molecular weight is 532 g/mol. The molecule has 0 radical (unpaired) electrons. The fourth-order valence-corrected chi connectivity index (χ4v) is 5.21. The van der Waals surface area contributed by atoms with Crippen LogP contribution in [0.4, 0.5) is 5.69 Å². The highest BCUT2D eigenvalue weighted by atomic mass is 35.5. The van der Waals surface area contributed by atoms with Gasteiger partial charge in [0.1, 0.15) is 11.5 Å². The summed E-state index contributed by atoms with van der Waals surface area (Å²) in [6.07, 6.45) is 0. The van der Waals surface area contributed by atoms with Gasteiger partial charge in [0.25, 0.3) is 11.7 Å². The maximum Gasteiger partial charge on any atom is 0.300 e. The number of methoxy groups -OCH3 is 1. The average Bonchev–Trinajstić information content (AvgIpc) is 3.13. The molecule has 6 heteroatoms. The number of benzene rings is 3. The summed E-state index contributed by atoms with van der Waals surface area (Å²) >= 11 is 6.41. The second kappa shape index (κ2) is 10.3. The van der Waals surface area contributed by atoms with Gasteiger partial charge in [-0.15, -0.1) is 0 Å². The first-order valence-electron chi connectivity index (χ1n) is 12.7. The highest BCUT2D eigenvalue weighted by Crippen LogP contribution is 2.45. The molecule has 1 aliphatic rings. The van der Waals surface area contributed by atoms with Crippen molar-refractivity contribution >= 4 is 34.7 Å². The number of amides is 1. The number of carbonyl (C=O) groups excluding carboxylic acids is 2. The van der Waals surface area contributed by atoms with E-state index in [9.17, 15) is 14.7 Å². The van der Waals surface area contributed by atoms with Gasteiger partial charge < -0.3 is 9.84 Å². The van der Waals surface area contributed by atoms with Gasteiger partial charge in [-0.25, -0.2) is 0 Å². The second-order valence-corrected chi connectivity index (χ2v) is 11.5. The van der Waals surface area contributed by atoms with E-state index in [1.165, 1.54) is 12.0 Å². The topological polar surface area (TPSA) is 66.8 Å². The number of anilines is 1. The van der Waals surface area contributed by atoms with Crippen LogP contribution in [0.2, 0.25) is 5.02 Å². The molecule has 1 amide bonds. The lowest BCUT2D eigenvalue weighted by molar-refractivity contribution is -0.132. The standard InChI is InChI=1S/C32H34ClNO4/c1-18(2)20-10-14-23(15-11-20)34-27(21-8-12-22(13-9-21)32(4,5)6)26(29(36)31(34)37)28(35)24-16-19(3)17-25(33)30(24)38-7/h8-18,27,35H,1-7H3/b28-26+. The van der Waals surface area contributed by atoms with E-state index in [4.69, 9.17) is 16.3 Å². The lowest BCUT2D eigenvalue weighted by atomic mass is 9.85. The highest BCUT2D eigenvalue weighted by molar-refractivity contribution is 6.51. The zero-order valence-electron chi connectivity index (χ0n) is 22.9. The van der Waals surface area contributed by atoms with Gasteiger partial charge in [-0.3, -0.25) is 14.5 Å². The Balaban J connectivity index is 1.97. The molecule has 0 saturated carbocycles. The summed E-state index contributed by atoms with van der Waals surface area (Å²) in [7, 11) is 1.45. The third kappa shape index (κ3) is 4.95. The summed E-state index contributed by atoms with van der Waals surface area (Å²) in [6.45, 7) is 12.4. The quantitative estimate of drug-likeness (QED) is 0.208. The lowest BCUT2D eigenvalue weighted by Crippen LogP contribution is -2.29. The van der Waals surface area contributed by atoms with Gasteiger partial charge in [-0.1, -0.05) is 82.6 Å². The first kappa shape index (κ1) is 27.5. The van der Waals surface area contributed by atoms with Crippen LogP contribution >= 0.6 is 11.6 Å². The highest BCUT2D eigenvalue weighted by Gasteiger charge is 2.47. The molecule has 1 heterocycles. The van der Waals surface area contributed by atoms with E-state index in [0.29, 0.717) is 22.2 Å². The summed E-state index contributed by atoms with van der Waals surface area (Å²) in [5.74, 6) is -1.23. The number of halogens is 1. The molecule has 3 aromatic rings. The van der Waals surface area contributed by atoms with Crippen LogP contribution < -0.4 is 9.64 Å². The molecule has 0 aromatic heterocycles. The van der Waals surface area contributed by atoms with E-state index in [1.807, 2.05) is 55.5 Å². The number of aryl methyl sites for hydroxylation is 1. The minimum absolute atomic E-state index is 0.00795. The lowest BCUT2D eigenvalue weighted by Gasteiger charge is -2.27. The van der Waals surface area contributed by atoms with Crippen molar-refractivity contribution in [3.05, 3.63) is 99.1 Å². The molecular weight excluding hydrogens is 498 g/mol. The van der Waals surface area contributed by atoms with Crippen LogP contribution in [0.3, 0.4) is 0 Å². The SMILES string of the molecule is COc1c(Cl)cc(C)cc1/C(O)=C1\C(=O)C(=O)N(c2ccc(C(C)C)cc2)C1c1ccc(C(C)(C)C)cc1. The number of aliphatic hydroxyl groups is 1. The van der Waals surface area contributed by atoms with Gasteiger partial charge in [0.05, 0.1) is 29.3 Å². The second-order valence-electron chi connectivity index (χ2n) is 11.1. The van der Waals surface area contributed by atoms with E-state index in [1.54, 1.807) is 12.1 Å². The van der Waals surface area contributed by atoms with Crippen molar-refractivity contribution in [2.75, 3.05) is 12.0 Å². The predicted octanol–water partition coefficient (Wildman–Crippen LogP) is 7.70. The normalized spacial score (nSPS) is 17.4. The number of ether oxygens (including phenoxy) is 1.